The van der Waals surface area contributed by atoms with Crippen LogP contribution in [0.15, 0.2) is 41.8 Å². The van der Waals surface area contributed by atoms with Crippen molar-refractivity contribution in [1.82, 2.24) is 4.98 Å². The van der Waals surface area contributed by atoms with E-state index in [-0.39, 0.29) is 11.7 Å². The number of aromatic nitrogens is 1. The quantitative estimate of drug-likeness (QED) is 0.676. The van der Waals surface area contributed by atoms with E-state index in [1.54, 1.807) is 24.4 Å². The summed E-state index contributed by atoms with van der Waals surface area (Å²) in [6, 6.07) is 10.7. The van der Waals surface area contributed by atoms with Crippen LogP contribution in [-0.4, -0.2) is 10.9 Å². The summed E-state index contributed by atoms with van der Waals surface area (Å²) in [5, 5.41) is 8.19. The Bertz CT molecular complexity index is 936. The Hall–Kier alpha value is -2.73. The fourth-order valence-electron chi connectivity index (χ4n) is 2.37. The minimum Gasteiger partial charge on any atom is -0.331 e. The third kappa shape index (κ3) is 4.03. The molecule has 0 radical (unpaired) electrons. The number of nitrogens with zero attached hydrogens (tertiary/aromatic N) is 1. The lowest BCUT2D eigenvalue weighted by molar-refractivity contribution is 0.102. The van der Waals surface area contributed by atoms with Gasteiger partial charge in [-0.2, -0.15) is 0 Å². The van der Waals surface area contributed by atoms with E-state index in [0.29, 0.717) is 22.1 Å². The molecule has 1 heterocycles. The molecule has 3 rings (SSSR count). The molecule has 0 atom stereocenters. The molecule has 0 aliphatic heterocycles. The van der Waals surface area contributed by atoms with Gasteiger partial charge in [-0.1, -0.05) is 23.8 Å². The molecule has 1 amide bonds. The minimum absolute atomic E-state index is 0.290. The normalized spacial score (nSPS) is 10.6. The van der Waals surface area contributed by atoms with Gasteiger partial charge >= 0.3 is 0 Å². The fraction of sp³-hybridized carbons (Fsp3) is 0.158. The number of hydrogen-bond acceptors (Lipinski definition) is 4. The van der Waals surface area contributed by atoms with E-state index in [0.717, 1.165) is 11.3 Å². The Balaban J connectivity index is 1.71. The van der Waals surface area contributed by atoms with Crippen molar-refractivity contribution in [1.29, 1.82) is 0 Å². The summed E-state index contributed by atoms with van der Waals surface area (Å²) in [6.07, 6.45) is 0. The number of amides is 1. The van der Waals surface area contributed by atoms with Crippen LogP contribution in [0.3, 0.4) is 0 Å². The van der Waals surface area contributed by atoms with Crippen LogP contribution in [0.4, 0.5) is 20.9 Å². The summed E-state index contributed by atoms with van der Waals surface area (Å²) in [6.45, 7) is 5.73. The van der Waals surface area contributed by atoms with Crippen molar-refractivity contribution in [2.75, 3.05) is 10.6 Å². The molecule has 3 aromatic rings. The molecule has 0 unspecified atom stereocenters. The van der Waals surface area contributed by atoms with Crippen molar-refractivity contribution >= 4 is 33.8 Å². The number of aryl methyl sites for hydroxylation is 3. The molecule has 25 heavy (non-hydrogen) atoms. The van der Waals surface area contributed by atoms with Crippen LogP contribution in [0.25, 0.3) is 0 Å². The van der Waals surface area contributed by atoms with Gasteiger partial charge in [-0.25, -0.2) is 9.37 Å². The van der Waals surface area contributed by atoms with Gasteiger partial charge < -0.3 is 10.6 Å². The standard InChI is InChI=1S/C19H18FN3OS/c1-11-4-7-16(13(3)8-11)22-19-23-17(10-25-19)18(24)21-14-6-5-12(2)15(20)9-14/h4-10H,1-3H3,(H,21,24)(H,22,23). The highest BCUT2D eigenvalue weighted by molar-refractivity contribution is 7.14. The summed E-state index contributed by atoms with van der Waals surface area (Å²) < 4.78 is 13.6. The molecule has 0 aliphatic carbocycles. The molecule has 1 aromatic heterocycles. The SMILES string of the molecule is Cc1ccc(Nc2nc(C(=O)Nc3ccc(C)c(F)c3)cs2)c(C)c1. The second-order valence-electron chi connectivity index (χ2n) is 5.90. The Labute approximate surface area is 149 Å². The largest absolute Gasteiger partial charge is 0.331 e. The number of nitrogens with one attached hydrogen (secondary N) is 2. The Morgan fingerprint density at radius 3 is 2.60 bits per heavy atom. The summed E-state index contributed by atoms with van der Waals surface area (Å²) >= 11 is 1.34. The predicted molar refractivity (Wildman–Crippen MR) is 100 cm³/mol. The number of carbonyl (C=O) groups is 1. The van der Waals surface area contributed by atoms with Gasteiger partial charge in [-0.05, 0) is 50.1 Å². The van der Waals surface area contributed by atoms with Crippen molar-refractivity contribution in [2.45, 2.75) is 20.8 Å². The first-order valence-corrected chi connectivity index (χ1v) is 8.67. The van der Waals surface area contributed by atoms with Crippen LogP contribution >= 0.6 is 11.3 Å². The molecule has 0 fully saturated rings. The Kier molecular flexibility index (Phi) is 4.81. The molecule has 0 aliphatic rings. The zero-order valence-electron chi connectivity index (χ0n) is 14.2. The summed E-state index contributed by atoms with van der Waals surface area (Å²) in [5.41, 5.74) is 4.48. The van der Waals surface area contributed by atoms with E-state index in [2.05, 4.69) is 21.7 Å². The second-order valence-corrected chi connectivity index (χ2v) is 6.76. The lowest BCUT2D eigenvalue weighted by Gasteiger charge is -2.07. The molecule has 0 saturated heterocycles. The first-order valence-electron chi connectivity index (χ1n) is 7.79. The lowest BCUT2D eigenvalue weighted by atomic mass is 10.1. The van der Waals surface area contributed by atoms with Crippen LogP contribution in [0.1, 0.15) is 27.2 Å². The van der Waals surface area contributed by atoms with Crippen LogP contribution in [0.5, 0.6) is 0 Å². The molecule has 0 saturated carbocycles. The third-order valence-corrected chi connectivity index (χ3v) is 4.55. The van der Waals surface area contributed by atoms with Gasteiger partial charge in [0.15, 0.2) is 5.13 Å². The van der Waals surface area contributed by atoms with Crippen LogP contribution in [0.2, 0.25) is 0 Å². The zero-order valence-corrected chi connectivity index (χ0v) is 15.0. The second kappa shape index (κ2) is 7.03. The van der Waals surface area contributed by atoms with Crippen molar-refractivity contribution in [3.05, 3.63) is 70.0 Å². The number of halogens is 1. The molecule has 2 N–H and O–H groups in total. The Morgan fingerprint density at radius 2 is 1.88 bits per heavy atom. The van der Waals surface area contributed by atoms with Gasteiger partial charge in [0.1, 0.15) is 11.5 Å². The highest BCUT2D eigenvalue weighted by Gasteiger charge is 2.12. The highest BCUT2D eigenvalue weighted by atomic mass is 32.1. The maximum Gasteiger partial charge on any atom is 0.275 e. The Morgan fingerprint density at radius 1 is 1.08 bits per heavy atom. The van der Waals surface area contributed by atoms with Gasteiger partial charge in [-0.3, -0.25) is 4.79 Å². The van der Waals surface area contributed by atoms with Gasteiger partial charge in [0.2, 0.25) is 0 Å². The number of thiazole rings is 1. The maximum absolute atomic E-state index is 13.6. The average molecular weight is 355 g/mol. The zero-order chi connectivity index (χ0) is 18.0. The van der Waals surface area contributed by atoms with E-state index in [4.69, 9.17) is 0 Å². The molecule has 2 aromatic carbocycles. The fourth-order valence-corrected chi connectivity index (χ4v) is 3.07. The van der Waals surface area contributed by atoms with Crippen LogP contribution < -0.4 is 10.6 Å². The number of benzene rings is 2. The van der Waals surface area contributed by atoms with E-state index >= 15 is 0 Å². The third-order valence-electron chi connectivity index (χ3n) is 3.79. The molecule has 0 bridgehead atoms. The van der Waals surface area contributed by atoms with Gasteiger partial charge in [0, 0.05) is 16.8 Å². The van der Waals surface area contributed by atoms with E-state index in [9.17, 15) is 9.18 Å². The average Bonchev–Trinajstić information content (AvgIpc) is 3.02. The molecule has 0 spiro atoms. The number of carbonyl (C=O) groups excluding carboxylic acids is 1. The highest BCUT2D eigenvalue weighted by Crippen LogP contribution is 2.24. The first-order chi connectivity index (χ1) is 11.9. The first kappa shape index (κ1) is 17.1. The lowest BCUT2D eigenvalue weighted by Crippen LogP contribution is -2.12. The summed E-state index contributed by atoms with van der Waals surface area (Å²) in [7, 11) is 0. The maximum atomic E-state index is 13.6. The topological polar surface area (TPSA) is 54.0 Å². The van der Waals surface area contributed by atoms with E-state index in [1.807, 2.05) is 26.0 Å². The minimum atomic E-state index is -0.367. The molecule has 6 heteroatoms. The van der Waals surface area contributed by atoms with Crippen molar-refractivity contribution in [2.24, 2.45) is 0 Å². The smallest absolute Gasteiger partial charge is 0.275 e. The van der Waals surface area contributed by atoms with Crippen molar-refractivity contribution in [3.63, 3.8) is 0 Å². The number of rotatable bonds is 4. The molecular formula is C19H18FN3OS. The van der Waals surface area contributed by atoms with Crippen molar-refractivity contribution in [3.8, 4) is 0 Å². The number of hydrogen-bond donors (Lipinski definition) is 2. The van der Waals surface area contributed by atoms with Gasteiger partial charge in [-0.15, -0.1) is 11.3 Å². The van der Waals surface area contributed by atoms with Crippen LogP contribution in [0, 0.1) is 26.6 Å². The van der Waals surface area contributed by atoms with Crippen LogP contribution in [-0.2, 0) is 0 Å². The molecular weight excluding hydrogens is 337 g/mol. The summed E-state index contributed by atoms with van der Waals surface area (Å²) in [4.78, 5) is 16.6. The summed E-state index contributed by atoms with van der Waals surface area (Å²) in [5.74, 6) is -0.721. The predicted octanol–water partition coefficient (Wildman–Crippen LogP) is 5.20. The van der Waals surface area contributed by atoms with Gasteiger partial charge in [0.05, 0.1) is 0 Å². The number of anilines is 3. The molecule has 128 valence electrons. The molecule has 4 nitrogen and oxygen atoms in total. The van der Waals surface area contributed by atoms with Gasteiger partial charge in [0.25, 0.3) is 5.91 Å². The van der Waals surface area contributed by atoms with E-state index < -0.39 is 0 Å². The van der Waals surface area contributed by atoms with E-state index in [1.165, 1.54) is 23.0 Å². The van der Waals surface area contributed by atoms with Crippen molar-refractivity contribution < 1.29 is 9.18 Å². The monoisotopic (exact) mass is 355 g/mol.